The van der Waals surface area contributed by atoms with Gasteiger partial charge in [-0.25, -0.2) is 0 Å². The Kier molecular flexibility index (Phi) is 2.39. The maximum Gasteiger partial charge on any atom is 0.120 e. The molecule has 0 unspecified atom stereocenters. The zero-order valence-electron chi connectivity index (χ0n) is 8.01. The van der Waals surface area contributed by atoms with Crippen LogP contribution in [0.1, 0.15) is 5.56 Å². The van der Waals surface area contributed by atoms with Crippen LogP contribution < -0.4 is 15.8 Å². The van der Waals surface area contributed by atoms with Gasteiger partial charge >= 0.3 is 0 Å². The summed E-state index contributed by atoms with van der Waals surface area (Å²) >= 11 is 6.12. The van der Waals surface area contributed by atoms with Crippen molar-refractivity contribution in [3.8, 4) is 5.75 Å². The van der Waals surface area contributed by atoms with E-state index in [4.69, 9.17) is 22.1 Å². The molecule has 1 aliphatic heterocycles. The van der Waals surface area contributed by atoms with E-state index in [1.54, 1.807) is 13.2 Å². The van der Waals surface area contributed by atoms with Gasteiger partial charge in [-0.3, -0.25) is 0 Å². The Morgan fingerprint density at radius 1 is 1.50 bits per heavy atom. The van der Waals surface area contributed by atoms with Crippen LogP contribution in [0.25, 0.3) is 0 Å². The van der Waals surface area contributed by atoms with Gasteiger partial charge in [0.2, 0.25) is 0 Å². The van der Waals surface area contributed by atoms with Crippen molar-refractivity contribution in [2.45, 2.75) is 5.54 Å². The molecule has 1 heterocycles. The molecule has 76 valence electrons. The number of ether oxygens (including phenoxy) is 1. The average Bonchev–Trinajstić information content (AvgIpc) is 2.14. The van der Waals surface area contributed by atoms with Gasteiger partial charge in [-0.15, -0.1) is 0 Å². The summed E-state index contributed by atoms with van der Waals surface area (Å²) in [6.45, 7) is 1.55. The molecule has 0 aromatic heterocycles. The van der Waals surface area contributed by atoms with Crippen LogP contribution in [0.3, 0.4) is 0 Å². The number of halogens is 1. The van der Waals surface area contributed by atoms with Crippen LogP contribution >= 0.6 is 11.6 Å². The second kappa shape index (κ2) is 3.42. The maximum absolute atomic E-state index is 6.13. The highest BCUT2D eigenvalue weighted by atomic mass is 35.5. The van der Waals surface area contributed by atoms with E-state index < -0.39 is 0 Å². The van der Waals surface area contributed by atoms with E-state index in [1.807, 2.05) is 12.1 Å². The third-order valence-corrected chi connectivity index (χ3v) is 2.91. The standard InChI is InChI=1S/C10H13ClN2O/c1-14-7-2-3-8(9(11)4-7)10(12)5-13-6-10/h2-4,13H,5-6,12H2,1H3. The van der Waals surface area contributed by atoms with E-state index in [0.29, 0.717) is 5.02 Å². The molecule has 14 heavy (non-hydrogen) atoms. The fourth-order valence-corrected chi connectivity index (χ4v) is 1.97. The molecule has 3 N–H and O–H groups in total. The summed E-state index contributed by atoms with van der Waals surface area (Å²) in [7, 11) is 1.62. The summed E-state index contributed by atoms with van der Waals surface area (Å²) in [5, 5.41) is 3.82. The molecule has 2 rings (SSSR count). The Balaban J connectivity index is 2.35. The van der Waals surface area contributed by atoms with Crippen LogP contribution in [0.2, 0.25) is 5.02 Å². The van der Waals surface area contributed by atoms with Crippen molar-refractivity contribution in [2.75, 3.05) is 20.2 Å². The first-order valence-electron chi connectivity index (χ1n) is 4.49. The van der Waals surface area contributed by atoms with Gasteiger partial charge < -0.3 is 15.8 Å². The van der Waals surface area contributed by atoms with E-state index in [2.05, 4.69) is 5.32 Å². The molecule has 0 saturated carbocycles. The number of nitrogens with two attached hydrogens (primary N) is 1. The minimum absolute atomic E-state index is 0.302. The lowest BCUT2D eigenvalue weighted by atomic mass is 9.85. The van der Waals surface area contributed by atoms with Crippen molar-refractivity contribution in [3.05, 3.63) is 28.8 Å². The molecule has 3 nitrogen and oxygen atoms in total. The monoisotopic (exact) mass is 212 g/mol. The first-order valence-corrected chi connectivity index (χ1v) is 4.87. The molecule has 0 radical (unpaired) electrons. The summed E-state index contributed by atoms with van der Waals surface area (Å²) in [4.78, 5) is 0. The third kappa shape index (κ3) is 1.47. The molecule has 1 aromatic carbocycles. The molecule has 0 amide bonds. The minimum atomic E-state index is -0.302. The van der Waals surface area contributed by atoms with E-state index >= 15 is 0 Å². The Hall–Kier alpha value is -0.770. The quantitative estimate of drug-likeness (QED) is 0.772. The number of benzene rings is 1. The van der Waals surface area contributed by atoms with E-state index in [1.165, 1.54) is 0 Å². The first-order chi connectivity index (χ1) is 6.65. The second-order valence-electron chi connectivity index (χ2n) is 3.61. The van der Waals surface area contributed by atoms with Crippen LogP contribution in [-0.2, 0) is 5.54 Å². The van der Waals surface area contributed by atoms with Crippen molar-refractivity contribution < 1.29 is 4.74 Å². The number of nitrogens with one attached hydrogen (secondary N) is 1. The van der Waals surface area contributed by atoms with Crippen LogP contribution in [-0.4, -0.2) is 20.2 Å². The van der Waals surface area contributed by atoms with Gasteiger partial charge in [0, 0.05) is 18.1 Å². The summed E-state index contributed by atoms with van der Waals surface area (Å²) < 4.78 is 5.07. The Morgan fingerprint density at radius 3 is 2.64 bits per heavy atom. The van der Waals surface area contributed by atoms with Gasteiger partial charge in [-0.1, -0.05) is 17.7 Å². The maximum atomic E-state index is 6.13. The largest absolute Gasteiger partial charge is 0.497 e. The number of hydrogen-bond donors (Lipinski definition) is 2. The number of rotatable bonds is 2. The predicted molar refractivity (Wildman–Crippen MR) is 56.7 cm³/mol. The first kappa shape index (κ1) is 9.77. The lowest BCUT2D eigenvalue weighted by Gasteiger charge is -2.40. The zero-order valence-corrected chi connectivity index (χ0v) is 8.77. The normalized spacial score (nSPS) is 18.8. The summed E-state index contributed by atoms with van der Waals surface area (Å²) in [6.07, 6.45) is 0. The molecule has 0 atom stereocenters. The minimum Gasteiger partial charge on any atom is -0.497 e. The van der Waals surface area contributed by atoms with Gasteiger partial charge in [0.1, 0.15) is 5.75 Å². The Morgan fingerprint density at radius 2 is 2.21 bits per heavy atom. The van der Waals surface area contributed by atoms with Crippen molar-refractivity contribution >= 4 is 11.6 Å². The van der Waals surface area contributed by atoms with Gasteiger partial charge in [0.05, 0.1) is 12.6 Å². The predicted octanol–water partition coefficient (Wildman–Crippen LogP) is 1.11. The molecule has 4 heteroatoms. The van der Waals surface area contributed by atoms with Gasteiger partial charge in [0.25, 0.3) is 0 Å². The highest BCUT2D eigenvalue weighted by Gasteiger charge is 2.35. The molecule has 0 bridgehead atoms. The SMILES string of the molecule is COc1ccc(C2(N)CNC2)c(Cl)c1. The molecule has 1 aliphatic rings. The highest BCUT2D eigenvalue weighted by molar-refractivity contribution is 6.31. The summed E-state index contributed by atoms with van der Waals surface area (Å²) in [5.41, 5.74) is 6.81. The van der Waals surface area contributed by atoms with Gasteiger partial charge in [-0.2, -0.15) is 0 Å². The number of hydrogen-bond acceptors (Lipinski definition) is 3. The highest BCUT2D eigenvalue weighted by Crippen LogP contribution is 2.31. The summed E-state index contributed by atoms with van der Waals surface area (Å²) in [5.74, 6) is 0.759. The van der Waals surface area contributed by atoms with Crippen LogP contribution in [0.15, 0.2) is 18.2 Å². The molecule has 1 fully saturated rings. The second-order valence-corrected chi connectivity index (χ2v) is 4.01. The van der Waals surface area contributed by atoms with Gasteiger partial charge in [-0.05, 0) is 17.7 Å². The molecule has 1 aromatic rings. The van der Waals surface area contributed by atoms with Crippen LogP contribution in [0.4, 0.5) is 0 Å². The lowest BCUT2D eigenvalue weighted by molar-refractivity contribution is 0.287. The third-order valence-electron chi connectivity index (χ3n) is 2.59. The van der Waals surface area contributed by atoms with E-state index in [-0.39, 0.29) is 5.54 Å². The van der Waals surface area contributed by atoms with Crippen molar-refractivity contribution in [1.29, 1.82) is 0 Å². The Labute approximate surface area is 88.2 Å². The molecular formula is C10H13ClN2O. The molecule has 0 aliphatic carbocycles. The van der Waals surface area contributed by atoms with E-state index in [9.17, 15) is 0 Å². The van der Waals surface area contributed by atoms with Crippen molar-refractivity contribution in [3.63, 3.8) is 0 Å². The topological polar surface area (TPSA) is 47.3 Å². The number of methoxy groups -OCH3 is 1. The van der Waals surface area contributed by atoms with Crippen molar-refractivity contribution in [2.24, 2.45) is 5.73 Å². The zero-order chi connectivity index (χ0) is 10.2. The lowest BCUT2D eigenvalue weighted by Crippen LogP contribution is -2.62. The van der Waals surface area contributed by atoms with Crippen LogP contribution in [0.5, 0.6) is 5.75 Å². The molecule has 1 saturated heterocycles. The molecular weight excluding hydrogens is 200 g/mol. The van der Waals surface area contributed by atoms with E-state index in [0.717, 1.165) is 24.4 Å². The fraction of sp³-hybridized carbons (Fsp3) is 0.400. The Bertz CT molecular complexity index is 350. The van der Waals surface area contributed by atoms with Gasteiger partial charge in [0.15, 0.2) is 0 Å². The van der Waals surface area contributed by atoms with Crippen molar-refractivity contribution in [1.82, 2.24) is 5.32 Å². The average molecular weight is 213 g/mol. The fourth-order valence-electron chi connectivity index (χ4n) is 1.61. The van der Waals surface area contributed by atoms with Crippen LogP contribution in [0, 0.1) is 0 Å². The summed E-state index contributed by atoms with van der Waals surface area (Å²) in [6, 6.07) is 5.61. The molecule has 0 spiro atoms. The smallest absolute Gasteiger partial charge is 0.120 e.